The molecule has 4 rings (SSSR count). The number of ether oxygens (including phenoxy) is 2. The molecule has 0 atom stereocenters. The van der Waals surface area contributed by atoms with Crippen molar-refractivity contribution >= 4 is 16.8 Å². The lowest BCUT2D eigenvalue weighted by Crippen LogP contribution is -2.36. The maximum absolute atomic E-state index is 14.0. The molecule has 0 unspecified atom stereocenters. The van der Waals surface area contributed by atoms with Gasteiger partial charge in [-0.15, -0.1) is 0 Å². The number of para-hydroxylation sites is 1. The van der Waals surface area contributed by atoms with Gasteiger partial charge in [-0.1, -0.05) is 30.3 Å². The molecule has 0 aliphatic heterocycles. The van der Waals surface area contributed by atoms with Crippen molar-refractivity contribution < 1.29 is 18.7 Å². The number of hydrogen-bond acceptors (Lipinski definition) is 5. The highest BCUT2D eigenvalue weighted by atomic mass is 19.1. The molecule has 6 nitrogen and oxygen atoms in total. The second-order valence-electron chi connectivity index (χ2n) is 9.22. The summed E-state index contributed by atoms with van der Waals surface area (Å²) in [5, 5.41) is 0.813. The van der Waals surface area contributed by atoms with Gasteiger partial charge in [0, 0.05) is 36.7 Å². The average molecular weight is 502 g/mol. The van der Waals surface area contributed by atoms with Crippen molar-refractivity contribution in [3.05, 3.63) is 89.2 Å². The van der Waals surface area contributed by atoms with Gasteiger partial charge in [0.25, 0.3) is 5.91 Å². The molecule has 7 heteroatoms. The first kappa shape index (κ1) is 26.1. The lowest BCUT2D eigenvalue weighted by molar-refractivity contribution is 0.0728. The highest BCUT2D eigenvalue weighted by Crippen LogP contribution is 2.33. The number of carbonyl (C=O) groups excluding carboxylic acids is 1. The molecule has 0 aliphatic rings. The maximum Gasteiger partial charge on any atom is 0.258 e. The Bertz CT molecular complexity index is 1420. The third kappa shape index (κ3) is 5.73. The Morgan fingerprint density at radius 1 is 0.946 bits per heavy atom. The largest absolute Gasteiger partial charge is 0.493 e. The monoisotopic (exact) mass is 501 g/mol. The van der Waals surface area contributed by atoms with Crippen LogP contribution in [0.5, 0.6) is 11.5 Å². The zero-order valence-corrected chi connectivity index (χ0v) is 21.9. The van der Waals surface area contributed by atoms with Gasteiger partial charge in [0.05, 0.1) is 31.0 Å². The summed E-state index contributed by atoms with van der Waals surface area (Å²) in [4.78, 5) is 22.6. The normalized spacial score (nSPS) is 11.1. The minimum Gasteiger partial charge on any atom is -0.493 e. The van der Waals surface area contributed by atoms with Crippen LogP contribution in [0.4, 0.5) is 4.39 Å². The number of carbonyl (C=O) groups is 1. The fourth-order valence-electron chi connectivity index (χ4n) is 4.38. The summed E-state index contributed by atoms with van der Waals surface area (Å²) in [5.41, 5.74) is 4.60. The van der Waals surface area contributed by atoms with Gasteiger partial charge < -0.3 is 19.3 Å². The minimum absolute atomic E-state index is 0.174. The van der Waals surface area contributed by atoms with Crippen LogP contribution in [0.25, 0.3) is 22.2 Å². The summed E-state index contributed by atoms with van der Waals surface area (Å²) < 4.78 is 25.0. The molecule has 0 aliphatic carbocycles. The zero-order valence-electron chi connectivity index (χ0n) is 21.9. The van der Waals surface area contributed by atoms with Gasteiger partial charge in [-0.05, 0) is 62.5 Å². The first-order valence-electron chi connectivity index (χ1n) is 12.1. The van der Waals surface area contributed by atoms with Crippen LogP contribution < -0.4 is 9.47 Å². The summed E-state index contributed by atoms with van der Waals surface area (Å²) in [6.07, 6.45) is 0. The van der Waals surface area contributed by atoms with E-state index in [-0.39, 0.29) is 11.7 Å². The average Bonchev–Trinajstić information content (AvgIpc) is 2.90. The molecule has 3 aromatic carbocycles. The number of amides is 1. The van der Waals surface area contributed by atoms with Crippen LogP contribution in [0.15, 0.2) is 66.7 Å². The zero-order chi connectivity index (χ0) is 26.5. The third-order valence-electron chi connectivity index (χ3n) is 6.36. The predicted molar refractivity (Wildman–Crippen MR) is 145 cm³/mol. The van der Waals surface area contributed by atoms with E-state index in [1.165, 1.54) is 19.2 Å². The van der Waals surface area contributed by atoms with E-state index in [4.69, 9.17) is 14.5 Å². The van der Waals surface area contributed by atoms with E-state index in [1.54, 1.807) is 36.3 Å². The Kier molecular flexibility index (Phi) is 8.04. The number of halogens is 1. The number of nitrogens with zero attached hydrogens (tertiary/aromatic N) is 3. The predicted octanol–water partition coefficient (Wildman–Crippen LogP) is 5.57. The number of fused-ring (bicyclic) bond motifs is 1. The fraction of sp³-hybridized carbons (Fsp3) is 0.267. The first-order valence-corrected chi connectivity index (χ1v) is 12.1. The summed E-state index contributed by atoms with van der Waals surface area (Å²) in [7, 11) is 7.02. The van der Waals surface area contributed by atoms with Crippen LogP contribution in [0.1, 0.15) is 21.5 Å². The second kappa shape index (κ2) is 11.4. The minimum atomic E-state index is -0.337. The quantitative estimate of drug-likeness (QED) is 0.300. The number of methoxy groups -OCH3 is 2. The van der Waals surface area contributed by atoms with Gasteiger partial charge >= 0.3 is 0 Å². The number of pyridine rings is 1. The molecule has 0 saturated carbocycles. The van der Waals surface area contributed by atoms with E-state index in [0.717, 1.165) is 27.8 Å². The van der Waals surface area contributed by atoms with Gasteiger partial charge in [-0.2, -0.15) is 0 Å². The maximum atomic E-state index is 14.0. The Balaban J connectivity index is 1.84. The molecule has 4 aromatic rings. The molecule has 0 spiro atoms. The van der Waals surface area contributed by atoms with Gasteiger partial charge in [0.15, 0.2) is 11.5 Å². The first-order chi connectivity index (χ1) is 17.8. The van der Waals surface area contributed by atoms with E-state index in [1.807, 2.05) is 56.3 Å². The molecule has 0 bridgehead atoms. The summed E-state index contributed by atoms with van der Waals surface area (Å²) in [6, 6.07) is 19.8. The SMILES string of the molecule is COc1cccc(C(=O)N(CCN(C)C)Cc2cc3ccc(F)cc3nc2-c2ccccc2C)c1OC. The van der Waals surface area contributed by atoms with Crippen LogP contribution in [-0.4, -0.2) is 62.1 Å². The van der Waals surface area contributed by atoms with Crippen molar-refractivity contribution in [3.63, 3.8) is 0 Å². The van der Waals surface area contributed by atoms with Crippen LogP contribution in [-0.2, 0) is 6.54 Å². The fourth-order valence-corrected chi connectivity index (χ4v) is 4.38. The smallest absolute Gasteiger partial charge is 0.258 e. The lowest BCUT2D eigenvalue weighted by Gasteiger charge is -2.27. The molecule has 0 N–H and O–H groups in total. The number of aryl methyl sites for hydroxylation is 1. The Labute approximate surface area is 217 Å². The van der Waals surface area contributed by atoms with E-state index in [2.05, 4.69) is 0 Å². The molecule has 1 amide bonds. The van der Waals surface area contributed by atoms with Gasteiger partial charge in [0.1, 0.15) is 5.82 Å². The van der Waals surface area contributed by atoms with Crippen molar-refractivity contribution in [2.24, 2.45) is 0 Å². The van der Waals surface area contributed by atoms with Crippen molar-refractivity contribution in [2.45, 2.75) is 13.5 Å². The topological polar surface area (TPSA) is 54.9 Å². The molecule has 192 valence electrons. The standard InChI is InChI=1S/C30H32FN3O3/c1-20-9-6-7-10-24(20)28-22(17-21-13-14-23(31)18-26(21)32-28)19-34(16-15-33(2)3)30(35)25-11-8-12-27(36-4)29(25)37-5/h6-14,17-18H,15-16,19H2,1-5H3. The van der Waals surface area contributed by atoms with Gasteiger partial charge in [-0.25, -0.2) is 9.37 Å². The van der Waals surface area contributed by atoms with E-state index < -0.39 is 0 Å². The molecule has 1 heterocycles. The molecular formula is C30H32FN3O3. The van der Waals surface area contributed by atoms with Crippen molar-refractivity contribution in [1.29, 1.82) is 0 Å². The van der Waals surface area contributed by atoms with E-state index in [9.17, 15) is 9.18 Å². The van der Waals surface area contributed by atoms with Crippen LogP contribution in [0, 0.1) is 12.7 Å². The number of benzene rings is 3. The van der Waals surface area contributed by atoms with Crippen molar-refractivity contribution in [3.8, 4) is 22.8 Å². The highest BCUT2D eigenvalue weighted by Gasteiger charge is 2.24. The number of likely N-dealkylation sites (N-methyl/N-ethyl adjacent to an activating group) is 1. The summed E-state index contributed by atoms with van der Waals surface area (Å²) >= 11 is 0. The Morgan fingerprint density at radius 2 is 1.73 bits per heavy atom. The molecule has 0 fully saturated rings. The molecular weight excluding hydrogens is 469 g/mol. The van der Waals surface area contributed by atoms with Crippen LogP contribution >= 0.6 is 0 Å². The summed E-state index contributed by atoms with van der Waals surface area (Å²) in [6.45, 7) is 3.49. The number of rotatable bonds is 9. The van der Waals surface area contributed by atoms with Crippen LogP contribution in [0.3, 0.4) is 0 Å². The van der Waals surface area contributed by atoms with Gasteiger partial charge in [0.2, 0.25) is 0 Å². The Hall–Kier alpha value is -3.97. The highest BCUT2D eigenvalue weighted by molar-refractivity contribution is 5.98. The number of aromatic nitrogens is 1. The van der Waals surface area contributed by atoms with E-state index >= 15 is 0 Å². The van der Waals surface area contributed by atoms with Crippen LogP contribution in [0.2, 0.25) is 0 Å². The van der Waals surface area contributed by atoms with Crippen molar-refractivity contribution in [2.75, 3.05) is 41.4 Å². The molecule has 37 heavy (non-hydrogen) atoms. The van der Waals surface area contributed by atoms with Crippen molar-refractivity contribution in [1.82, 2.24) is 14.8 Å². The lowest BCUT2D eigenvalue weighted by atomic mass is 9.99. The Morgan fingerprint density at radius 3 is 2.43 bits per heavy atom. The number of hydrogen-bond donors (Lipinski definition) is 0. The summed E-state index contributed by atoms with van der Waals surface area (Å²) in [5.74, 6) is 0.385. The molecule has 1 aromatic heterocycles. The molecule has 0 radical (unpaired) electrons. The van der Waals surface area contributed by atoms with E-state index in [0.29, 0.717) is 42.2 Å². The second-order valence-corrected chi connectivity index (χ2v) is 9.22. The third-order valence-corrected chi connectivity index (χ3v) is 6.36. The van der Waals surface area contributed by atoms with Gasteiger partial charge in [-0.3, -0.25) is 4.79 Å². The molecule has 0 saturated heterocycles.